The van der Waals surface area contributed by atoms with Gasteiger partial charge in [0.1, 0.15) is 24.1 Å². The number of nitrogens with two attached hydrogens (primary N) is 1. The van der Waals surface area contributed by atoms with Gasteiger partial charge < -0.3 is 15.4 Å². The lowest BCUT2D eigenvalue weighted by atomic mass is 9.96. The van der Waals surface area contributed by atoms with Crippen LogP contribution in [-0.2, 0) is 14.3 Å². The topological polar surface area (TPSA) is 72.6 Å². The van der Waals surface area contributed by atoms with Crippen molar-refractivity contribution in [3.8, 4) is 0 Å². The largest absolute Gasteiger partial charge is 0.460 e. The predicted molar refractivity (Wildman–Crippen MR) is 90.7 cm³/mol. The summed E-state index contributed by atoms with van der Waals surface area (Å²) in [5.74, 6) is -0.850. The molecule has 2 aliphatic heterocycles. The number of esters is 1. The number of carbonyl (C=O) groups excluding carboxylic acids is 2. The number of rotatable bonds is 3. The van der Waals surface area contributed by atoms with Gasteiger partial charge in [-0.05, 0) is 6.92 Å². The summed E-state index contributed by atoms with van der Waals surface area (Å²) in [7, 11) is 0. The molecule has 0 aliphatic carbocycles. The fraction of sp³-hybridized carbons (Fsp3) is 0.800. The van der Waals surface area contributed by atoms with Crippen LogP contribution in [0, 0.1) is 0 Å². The van der Waals surface area contributed by atoms with E-state index in [0.29, 0.717) is 5.33 Å². The van der Waals surface area contributed by atoms with E-state index in [2.05, 4.69) is 15.9 Å². The molecule has 0 spiro atoms. The number of nitrogens with zero attached hydrogens (tertiary/aromatic N) is 1. The Hall–Kier alpha value is 0.890. The Morgan fingerprint density at radius 1 is 1.57 bits per heavy atom. The molecule has 2 aliphatic rings. The number of β-lactam (4-membered cyclic amide) rings is 1. The summed E-state index contributed by atoms with van der Waals surface area (Å²) in [6.07, 6.45) is 0. The van der Waals surface area contributed by atoms with E-state index in [-0.39, 0.29) is 30.3 Å². The van der Waals surface area contributed by atoms with Crippen LogP contribution in [0.2, 0.25) is 0 Å². The van der Waals surface area contributed by atoms with Gasteiger partial charge in [0.15, 0.2) is 0 Å². The van der Waals surface area contributed by atoms with Gasteiger partial charge in [0.25, 0.3) is 0 Å². The molecule has 2 saturated heterocycles. The zero-order valence-corrected chi connectivity index (χ0v) is 16.2. The van der Waals surface area contributed by atoms with Crippen molar-refractivity contribution in [3.63, 3.8) is 0 Å². The van der Waals surface area contributed by atoms with Crippen LogP contribution < -0.4 is 5.73 Å². The molecule has 0 saturated carbocycles. The average Bonchev–Trinajstić information content (AvgIpc) is 2.66. The maximum absolute atomic E-state index is 12.2. The van der Waals surface area contributed by atoms with Gasteiger partial charge in [-0.15, -0.1) is 24.2 Å². The lowest BCUT2D eigenvalue weighted by Gasteiger charge is -2.42. The molecule has 2 rings (SSSR count). The van der Waals surface area contributed by atoms with Crippen molar-refractivity contribution >= 4 is 86.8 Å². The van der Waals surface area contributed by atoms with Gasteiger partial charge in [0.05, 0.1) is 4.75 Å². The van der Waals surface area contributed by atoms with E-state index in [1.165, 1.54) is 16.7 Å². The Bertz CT molecular complexity index is 453. The SMILES string of the molecule is CC1(CBr)S[C@@H]2C(N)C(=O)N2C1C(=O)OCC(Cl)(Cl)Cl.Cl. The zero-order chi connectivity index (χ0) is 15.3. The number of halogens is 5. The van der Waals surface area contributed by atoms with Crippen LogP contribution in [0.4, 0.5) is 0 Å². The predicted octanol–water partition coefficient (Wildman–Crippen LogP) is 2.09. The molecule has 1 amide bonds. The molecular formula is C10H13BrCl4N2O3S. The highest BCUT2D eigenvalue weighted by atomic mass is 79.9. The van der Waals surface area contributed by atoms with Crippen LogP contribution in [0.15, 0.2) is 0 Å². The van der Waals surface area contributed by atoms with Crippen LogP contribution in [0.1, 0.15) is 6.92 Å². The molecule has 2 heterocycles. The molecule has 0 aromatic carbocycles. The Morgan fingerprint density at radius 2 is 2.14 bits per heavy atom. The summed E-state index contributed by atoms with van der Waals surface area (Å²) in [6.45, 7) is 1.50. The molecule has 2 fully saturated rings. The molecule has 0 aromatic rings. The van der Waals surface area contributed by atoms with E-state index in [1.54, 1.807) is 0 Å². The summed E-state index contributed by atoms with van der Waals surface area (Å²) >= 11 is 21.5. The van der Waals surface area contributed by atoms with E-state index < -0.39 is 26.6 Å². The molecule has 5 nitrogen and oxygen atoms in total. The lowest BCUT2D eigenvalue weighted by Crippen LogP contribution is -2.69. The van der Waals surface area contributed by atoms with E-state index in [9.17, 15) is 9.59 Å². The van der Waals surface area contributed by atoms with E-state index in [4.69, 9.17) is 45.3 Å². The highest BCUT2D eigenvalue weighted by Crippen LogP contribution is 2.51. The highest BCUT2D eigenvalue weighted by Gasteiger charge is 2.64. The summed E-state index contributed by atoms with van der Waals surface area (Å²) in [5.41, 5.74) is 5.75. The van der Waals surface area contributed by atoms with Crippen molar-refractivity contribution < 1.29 is 14.3 Å². The second-order valence-electron chi connectivity index (χ2n) is 4.85. The number of hydrogen-bond acceptors (Lipinski definition) is 5. The third-order valence-electron chi connectivity index (χ3n) is 3.23. The van der Waals surface area contributed by atoms with Crippen molar-refractivity contribution in [2.45, 2.75) is 32.9 Å². The van der Waals surface area contributed by atoms with Crippen LogP contribution in [0.3, 0.4) is 0 Å². The minimum atomic E-state index is -1.68. The molecule has 0 bridgehead atoms. The van der Waals surface area contributed by atoms with Gasteiger partial charge in [-0.25, -0.2) is 4.79 Å². The smallest absolute Gasteiger partial charge is 0.330 e. The molecule has 4 atom stereocenters. The molecular weight excluding hydrogens is 450 g/mol. The number of fused-ring (bicyclic) bond motifs is 1. The van der Waals surface area contributed by atoms with E-state index >= 15 is 0 Å². The second kappa shape index (κ2) is 6.79. The van der Waals surface area contributed by atoms with E-state index in [0.717, 1.165) is 0 Å². The monoisotopic (exact) mass is 460 g/mol. The normalized spacial score (nSPS) is 34.9. The fourth-order valence-corrected chi connectivity index (χ4v) is 4.67. The number of amides is 1. The van der Waals surface area contributed by atoms with Crippen LogP contribution in [0.25, 0.3) is 0 Å². The number of alkyl halides is 4. The molecule has 0 aromatic heterocycles. The summed E-state index contributed by atoms with van der Waals surface area (Å²) < 4.78 is 2.81. The zero-order valence-electron chi connectivity index (χ0n) is 10.7. The third kappa shape index (κ3) is 3.70. The molecule has 21 heavy (non-hydrogen) atoms. The van der Waals surface area contributed by atoms with Gasteiger partial charge in [0.2, 0.25) is 9.70 Å². The van der Waals surface area contributed by atoms with Crippen molar-refractivity contribution in [3.05, 3.63) is 0 Å². The first kappa shape index (κ1) is 19.9. The number of thioether (sulfide) groups is 1. The Labute approximate surface area is 156 Å². The first-order chi connectivity index (χ1) is 9.10. The summed E-state index contributed by atoms with van der Waals surface area (Å²) in [6, 6.07) is -1.32. The van der Waals surface area contributed by atoms with Crippen LogP contribution in [-0.4, -0.2) is 54.7 Å². The quantitative estimate of drug-likeness (QED) is 0.395. The van der Waals surface area contributed by atoms with E-state index in [1.807, 2.05) is 6.92 Å². The number of ether oxygens (including phenoxy) is 1. The summed E-state index contributed by atoms with van der Waals surface area (Å²) in [5, 5.41) is 0.293. The molecule has 0 radical (unpaired) electrons. The molecule has 3 unspecified atom stereocenters. The van der Waals surface area contributed by atoms with Gasteiger partial charge in [-0.3, -0.25) is 4.79 Å². The van der Waals surface area contributed by atoms with Gasteiger partial charge in [0, 0.05) is 5.33 Å². The first-order valence-corrected chi connectivity index (χ1v) is 8.79. The highest BCUT2D eigenvalue weighted by molar-refractivity contribution is 9.09. The van der Waals surface area contributed by atoms with Crippen molar-refractivity contribution in [2.75, 3.05) is 11.9 Å². The summed E-state index contributed by atoms with van der Waals surface area (Å²) in [4.78, 5) is 25.5. The second-order valence-corrected chi connectivity index (χ2v) is 9.58. The standard InChI is InChI=1S/C10H12BrCl3N2O3S.ClH/c1-9(2-11)5(8(18)19-3-10(12,13)14)16-6(17)4(15)7(16)20-9;/h4-5,7H,2-3,15H2,1H3;1H/t4?,5?,7-,9?;/m1./s1. The van der Waals surface area contributed by atoms with Crippen molar-refractivity contribution in [2.24, 2.45) is 5.73 Å². The Kier molecular flexibility index (Phi) is 6.44. The Morgan fingerprint density at radius 3 is 2.62 bits per heavy atom. The third-order valence-corrected chi connectivity index (χ3v) is 6.77. The molecule has 11 heteroatoms. The maximum atomic E-state index is 12.2. The van der Waals surface area contributed by atoms with Crippen molar-refractivity contribution in [1.82, 2.24) is 4.90 Å². The number of hydrogen-bond donors (Lipinski definition) is 1. The molecule has 2 N–H and O–H groups in total. The fourth-order valence-electron chi connectivity index (χ4n) is 2.25. The van der Waals surface area contributed by atoms with Gasteiger partial charge in [-0.1, -0.05) is 50.7 Å². The minimum absolute atomic E-state index is 0. The van der Waals surface area contributed by atoms with Crippen LogP contribution >= 0.6 is 74.9 Å². The minimum Gasteiger partial charge on any atom is -0.460 e. The Balaban J connectivity index is 0.00000220. The first-order valence-electron chi connectivity index (χ1n) is 5.65. The van der Waals surface area contributed by atoms with Crippen LogP contribution in [0.5, 0.6) is 0 Å². The average molecular weight is 463 g/mol. The number of carbonyl (C=O) groups is 2. The lowest BCUT2D eigenvalue weighted by molar-refractivity contribution is -0.162. The maximum Gasteiger partial charge on any atom is 0.330 e. The van der Waals surface area contributed by atoms with Crippen molar-refractivity contribution in [1.29, 1.82) is 0 Å². The molecule has 122 valence electrons. The van der Waals surface area contributed by atoms with Gasteiger partial charge in [-0.2, -0.15) is 0 Å². The van der Waals surface area contributed by atoms with Gasteiger partial charge >= 0.3 is 5.97 Å².